The molecule has 36 heavy (non-hydrogen) atoms. The predicted molar refractivity (Wildman–Crippen MR) is 130 cm³/mol. The summed E-state index contributed by atoms with van der Waals surface area (Å²) >= 11 is 1.08. The number of methoxy groups -OCH3 is 1. The molecule has 2 aromatic heterocycles. The van der Waals surface area contributed by atoms with Crippen LogP contribution in [0.3, 0.4) is 0 Å². The van der Waals surface area contributed by atoms with Gasteiger partial charge in [-0.05, 0) is 44.5 Å². The number of allylic oxidation sites excluding steroid dienone is 1. The van der Waals surface area contributed by atoms with Crippen molar-refractivity contribution in [1.82, 2.24) is 4.57 Å². The molecule has 3 aromatic rings. The Kier molecular flexibility index (Phi) is 7.06. The number of esters is 1. The molecule has 0 bridgehead atoms. The number of nitrogens with zero attached hydrogens (tertiary/aromatic N) is 3. The molecule has 4 rings (SSSR count). The summed E-state index contributed by atoms with van der Waals surface area (Å²) in [6.07, 6.45) is 1.41. The third kappa shape index (κ3) is 4.54. The summed E-state index contributed by atoms with van der Waals surface area (Å²) in [6, 6.07) is 6.94. The van der Waals surface area contributed by atoms with Crippen molar-refractivity contribution in [2.24, 2.45) is 4.99 Å². The zero-order valence-corrected chi connectivity index (χ0v) is 20.8. The van der Waals surface area contributed by atoms with Gasteiger partial charge in [-0.2, -0.15) is 0 Å². The molecule has 12 heteroatoms. The van der Waals surface area contributed by atoms with E-state index in [1.807, 2.05) is 6.92 Å². The first kappa shape index (κ1) is 24.9. The second kappa shape index (κ2) is 10.2. The molecule has 1 aliphatic rings. The first-order valence-corrected chi connectivity index (χ1v) is 11.8. The van der Waals surface area contributed by atoms with Crippen LogP contribution in [0.15, 0.2) is 55.8 Å². The van der Waals surface area contributed by atoms with Gasteiger partial charge in [-0.1, -0.05) is 17.4 Å². The van der Waals surface area contributed by atoms with E-state index in [2.05, 4.69) is 4.99 Å². The van der Waals surface area contributed by atoms with Gasteiger partial charge in [0.2, 0.25) is 0 Å². The minimum Gasteiger partial charge on any atom is -0.493 e. The highest BCUT2D eigenvalue weighted by Crippen LogP contribution is 2.36. The van der Waals surface area contributed by atoms with Gasteiger partial charge in [-0.25, -0.2) is 9.79 Å². The predicted octanol–water partition coefficient (Wildman–Crippen LogP) is 2.71. The Morgan fingerprint density at radius 2 is 2.03 bits per heavy atom. The van der Waals surface area contributed by atoms with Crippen LogP contribution in [-0.4, -0.2) is 35.8 Å². The second-order valence-corrected chi connectivity index (χ2v) is 8.59. The van der Waals surface area contributed by atoms with E-state index in [-0.39, 0.29) is 22.5 Å². The molecular weight excluding hydrogens is 490 g/mol. The van der Waals surface area contributed by atoms with Crippen molar-refractivity contribution >= 4 is 29.3 Å². The van der Waals surface area contributed by atoms with Crippen molar-refractivity contribution in [3.05, 3.63) is 82.7 Å². The smallest absolute Gasteiger partial charge is 0.433 e. The molecule has 0 saturated heterocycles. The molecule has 1 aromatic carbocycles. The van der Waals surface area contributed by atoms with Crippen LogP contribution in [0.25, 0.3) is 6.08 Å². The lowest BCUT2D eigenvalue weighted by Gasteiger charge is -2.25. The van der Waals surface area contributed by atoms with Crippen molar-refractivity contribution in [2.45, 2.75) is 26.8 Å². The Morgan fingerprint density at radius 3 is 2.67 bits per heavy atom. The van der Waals surface area contributed by atoms with Gasteiger partial charge in [0.15, 0.2) is 16.3 Å². The summed E-state index contributed by atoms with van der Waals surface area (Å²) in [7, 11) is 1.52. The lowest BCUT2D eigenvalue weighted by atomic mass is 9.95. The van der Waals surface area contributed by atoms with Crippen molar-refractivity contribution in [3.63, 3.8) is 0 Å². The molecule has 0 N–H and O–H groups in total. The molecule has 3 heterocycles. The van der Waals surface area contributed by atoms with Crippen LogP contribution in [0.2, 0.25) is 0 Å². The van der Waals surface area contributed by atoms with Gasteiger partial charge in [0.1, 0.15) is 10.7 Å². The van der Waals surface area contributed by atoms with Crippen LogP contribution >= 0.6 is 11.3 Å². The summed E-state index contributed by atoms with van der Waals surface area (Å²) < 4.78 is 23.2. The zero-order chi connectivity index (χ0) is 26.0. The molecule has 0 radical (unpaired) electrons. The molecule has 0 spiro atoms. The topological polar surface area (TPSA) is 135 Å². The van der Waals surface area contributed by atoms with E-state index in [1.54, 1.807) is 32.0 Å². The highest BCUT2D eigenvalue weighted by molar-refractivity contribution is 7.07. The average Bonchev–Trinajstić information content (AvgIpc) is 3.43. The number of benzene rings is 1. The van der Waals surface area contributed by atoms with Crippen molar-refractivity contribution in [3.8, 4) is 11.5 Å². The van der Waals surface area contributed by atoms with Crippen LogP contribution in [0, 0.1) is 10.1 Å². The maximum Gasteiger partial charge on any atom is 0.433 e. The number of fused-ring (bicyclic) bond motifs is 1. The molecule has 0 unspecified atom stereocenters. The Bertz CT molecular complexity index is 1550. The third-order valence-electron chi connectivity index (χ3n) is 5.39. The quantitative estimate of drug-likeness (QED) is 0.255. The van der Waals surface area contributed by atoms with Crippen molar-refractivity contribution < 1.29 is 28.3 Å². The Hall–Kier alpha value is -4.19. The van der Waals surface area contributed by atoms with E-state index in [1.165, 1.54) is 29.9 Å². The SMILES string of the molecule is CCOC(=O)C1=C(C)N=c2s/c(=C\c3ccc([N+](=O)[O-])o3)c(=O)n2[C@H]1c1ccc(OC)c(OCC)c1. The highest BCUT2D eigenvalue weighted by atomic mass is 32.1. The number of aromatic nitrogens is 1. The van der Waals surface area contributed by atoms with E-state index in [0.29, 0.717) is 34.2 Å². The number of ether oxygens (including phenoxy) is 3. The standard InChI is InChI=1S/C24H23N3O8S/c1-5-33-17-11-14(7-9-16(17)32-4)21-20(23(29)34-6-2)13(3)25-24-26(21)22(28)18(36-24)12-15-8-10-19(35-15)27(30)31/h7-12,21H,5-6H2,1-4H3/b18-12-/t21-/m0/s1. The number of carbonyl (C=O) groups excluding carboxylic acids is 1. The second-order valence-electron chi connectivity index (χ2n) is 7.58. The average molecular weight is 514 g/mol. The van der Waals surface area contributed by atoms with Crippen molar-refractivity contribution in [2.75, 3.05) is 20.3 Å². The summed E-state index contributed by atoms with van der Waals surface area (Å²) in [5.74, 6) is 0.0848. The minimum absolute atomic E-state index is 0.146. The van der Waals surface area contributed by atoms with Gasteiger partial charge < -0.3 is 18.6 Å². The fraction of sp³-hybridized carbons (Fsp3) is 0.292. The number of thiazole rings is 1. The molecule has 11 nitrogen and oxygen atoms in total. The number of furan rings is 1. The van der Waals surface area contributed by atoms with Gasteiger partial charge in [0.05, 0.1) is 48.2 Å². The van der Waals surface area contributed by atoms with Gasteiger partial charge in [-0.15, -0.1) is 0 Å². The summed E-state index contributed by atoms with van der Waals surface area (Å²) in [5.41, 5.74) is 0.787. The summed E-state index contributed by atoms with van der Waals surface area (Å²) in [5, 5.41) is 11.0. The Balaban J connectivity index is 1.94. The van der Waals surface area contributed by atoms with Crippen LogP contribution in [-0.2, 0) is 9.53 Å². The zero-order valence-electron chi connectivity index (χ0n) is 20.0. The molecular formula is C24H23N3O8S. The van der Waals surface area contributed by atoms with Gasteiger partial charge in [-0.3, -0.25) is 19.5 Å². The molecule has 0 saturated carbocycles. The molecule has 0 fully saturated rings. The van der Waals surface area contributed by atoms with E-state index in [0.717, 1.165) is 11.3 Å². The molecule has 188 valence electrons. The first-order valence-electron chi connectivity index (χ1n) is 11.0. The first-order chi connectivity index (χ1) is 17.3. The van der Waals surface area contributed by atoms with E-state index in [4.69, 9.17) is 18.6 Å². The number of hydrogen-bond donors (Lipinski definition) is 0. The number of nitro groups is 1. The van der Waals surface area contributed by atoms with Gasteiger partial charge >= 0.3 is 11.9 Å². The fourth-order valence-electron chi connectivity index (χ4n) is 3.89. The van der Waals surface area contributed by atoms with Gasteiger partial charge in [0, 0.05) is 6.08 Å². The van der Waals surface area contributed by atoms with Crippen LogP contribution in [0.5, 0.6) is 11.5 Å². The molecule has 0 amide bonds. The molecule has 1 atom stereocenters. The lowest BCUT2D eigenvalue weighted by Crippen LogP contribution is -2.39. The number of rotatable bonds is 8. The minimum atomic E-state index is -0.849. The van der Waals surface area contributed by atoms with E-state index < -0.39 is 28.4 Å². The molecule has 1 aliphatic heterocycles. The largest absolute Gasteiger partial charge is 0.493 e. The summed E-state index contributed by atoms with van der Waals surface area (Å²) in [6.45, 7) is 5.75. The number of hydrogen-bond acceptors (Lipinski definition) is 10. The lowest BCUT2D eigenvalue weighted by molar-refractivity contribution is -0.402. The van der Waals surface area contributed by atoms with Crippen molar-refractivity contribution in [1.29, 1.82) is 0 Å². The maximum atomic E-state index is 13.6. The monoisotopic (exact) mass is 513 g/mol. The summed E-state index contributed by atoms with van der Waals surface area (Å²) in [4.78, 5) is 41.8. The van der Waals surface area contributed by atoms with E-state index >= 15 is 0 Å². The highest BCUT2D eigenvalue weighted by Gasteiger charge is 2.34. The fourth-order valence-corrected chi connectivity index (χ4v) is 4.91. The van der Waals surface area contributed by atoms with Crippen LogP contribution in [0.4, 0.5) is 5.88 Å². The molecule has 0 aliphatic carbocycles. The van der Waals surface area contributed by atoms with E-state index in [9.17, 15) is 19.7 Å². The normalized spacial score (nSPS) is 15.3. The third-order valence-corrected chi connectivity index (χ3v) is 6.37. The van der Waals surface area contributed by atoms with Crippen LogP contribution in [0.1, 0.15) is 38.1 Å². The van der Waals surface area contributed by atoms with Gasteiger partial charge in [0.25, 0.3) is 5.56 Å². The number of carbonyl (C=O) groups is 1. The maximum absolute atomic E-state index is 13.6. The van der Waals surface area contributed by atoms with Crippen LogP contribution < -0.4 is 24.4 Å². The Morgan fingerprint density at radius 1 is 1.25 bits per heavy atom. The Labute approximate surface area is 208 Å².